The predicted octanol–water partition coefficient (Wildman–Crippen LogP) is 10.9. The molecule has 4 aromatic rings. The zero-order valence-electron chi connectivity index (χ0n) is 33.8. The Labute approximate surface area is 293 Å². The third-order valence-corrected chi connectivity index (χ3v) is 8.62. The van der Waals surface area contributed by atoms with Gasteiger partial charge in [-0.05, 0) is 70.8 Å². The Morgan fingerprint density at radius 3 is 2.27 bits per heavy atom. The molecule has 0 amide bonds. The van der Waals surface area contributed by atoms with E-state index in [4.69, 9.17) is 13.2 Å². The molecule has 0 aliphatic heterocycles. The number of benzene rings is 3. The van der Waals surface area contributed by atoms with Gasteiger partial charge in [0.15, 0.2) is 5.78 Å². The van der Waals surface area contributed by atoms with Crippen LogP contribution in [0.2, 0.25) is 0 Å². The minimum Gasteiger partial charge on any atom is -0.512 e. The molecular formula is C41H50IrNO2-. The van der Waals surface area contributed by atoms with E-state index >= 15 is 0 Å². The van der Waals surface area contributed by atoms with Crippen LogP contribution in [0.1, 0.15) is 104 Å². The van der Waals surface area contributed by atoms with Crippen LogP contribution >= 0.6 is 0 Å². The molecule has 1 N–H and O–H groups in total. The van der Waals surface area contributed by atoms with Crippen LogP contribution in [0.3, 0.4) is 0 Å². The van der Waals surface area contributed by atoms with E-state index in [1.165, 1.54) is 6.08 Å². The Kier molecular flexibility index (Phi) is 9.40. The van der Waals surface area contributed by atoms with Crippen LogP contribution in [0, 0.1) is 37.7 Å². The zero-order valence-corrected chi connectivity index (χ0v) is 30.2. The molecule has 2 unspecified atom stereocenters. The van der Waals surface area contributed by atoms with E-state index in [2.05, 4.69) is 32.0 Å². The number of aliphatic hydroxyl groups excluding tert-OH is 1. The molecule has 1 aliphatic rings. The predicted molar refractivity (Wildman–Crippen MR) is 186 cm³/mol. The van der Waals surface area contributed by atoms with Crippen LogP contribution in [0.5, 0.6) is 0 Å². The standard InChI is InChI=1S/C30H30N.C11H20O2.Ir/c1-18(2)11-21-15-28(22-13-19(3)12-20(4)14-22)31-29-17-27-25(16-24(21)29)23-9-7-8-10-26(23)30(27,5)6;1-5-8(3)10(12)7-11(13)9(4)6-2;/h7-10,12-13,15-18H,11H2,1-6H3;7-9,12H,5-6H2,1-4H3;/q-1;;/b;10-7-;/i5D3,6D3;;. The first-order valence-corrected chi connectivity index (χ1v) is 15.8. The fraction of sp³-hybridized carbons (Fsp3) is 0.415. The van der Waals surface area contributed by atoms with Crippen molar-refractivity contribution in [3.05, 3.63) is 100 Å². The van der Waals surface area contributed by atoms with Gasteiger partial charge >= 0.3 is 0 Å². The van der Waals surface area contributed by atoms with Gasteiger partial charge in [0.05, 0.1) is 11.3 Å². The molecule has 241 valence electrons. The first-order valence-electron chi connectivity index (χ1n) is 18.8. The number of ketones is 1. The van der Waals surface area contributed by atoms with Crippen molar-refractivity contribution < 1.29 is 38.2 Å². The summed E-state index contributed by atoms with van der Waals surface area (Å²) < 4.78 is 51.1. The molecule has 1 aromatic heterocycles. The quantitative estimate of drug-likeness (QED) is 0.110. The molecule has 45 heavy (non-hydrogen) atoms. The summed E-state index contributed by atoms with van der Waals surface area (Å²) in [5, 5.41) is 10.4. The van der Waals surface area contributed by atoms with Gasteiger partial charge in [0, 0.05) is 57.0 Å². The average Bonchev–Trinajstić information content (AvgIpc) is 3.33. The molecule has 0 bridgehead atoms. The third kappa shape index (κ3) is 8.02. The van der Waals surface area contributed by atoms with Gasteiger partial charge in [-0.25, -0.2) is 0 Å². The topological polar surface area (TPSA) is 50.2 Å². The molecule has 0 saturated heterocycles. The smallest absolute Gasteiger partial charge is 0.161 e. The van der Waals surface area contributed by atoms with Gasteiger partial charge in [0.1, 0.15) is 0 Å². The number of aryl methyl sites for hydroxylation is 2. The van der Waals surface area contributed by atoms with Crippen LogP contribution in [0.4, 0.5) is 0 Å². The number of carbonyl (C=O) groups excluding carboxylic acids is 1. The summed E-state index contributed by atoms with van der Waals surface area (Å²) in [6, 6.07) is 20.3. The van der Waals surface area contributed by atoms with Crippen molar-refractivity contribution in [3.63, 3.8) is 0 Å². The molecular weight excluding hydrogens is 731 g/mol. The van der Waals surface area contributed by atoms with Gasteiger partial charge in [-0.2, -0.15) is 0 Å². The van der Waals surface area contributed by atoms with Crippen molar-refractivity contribution >= 4 is 16.7 Å². The summed E-state index contributed by atoms with van der Waals surface area (Å²) >= 11 is 0. The molecule has 1 aliphatic carbocycles. The van der Waals surface area contributed by atoms with Crippen molar-refractivity contribution in [2.75, 3.05) is 0 Å². The number of nitrogens with zero attached hydrogens (tertiary/aromatic N) is 1. The summed E-state index contributed by atoms with van der Waals surface area (Å²) in [5.74, 6) is 0.735. The Hall–Kier alpha value is -3.07. The summed E-state index contributed by atoms with van der Waals surface area (Å²) in [7, 11) is 0. The van der Waals surface area contributed by atoms with Gasteiger partial charge in [-0.3, -0.25) is 9.78 Å². The number of rotatable bonds is 8. The number of fused-ring (bicyclic) bond motifs is 4. The van der Waals surface area contributed by atoms with Crippen molar-refractivity contribution in [2.24, 2.45) is 17.8 Å². The monoisotopic (exact) mass is 787 g/mol. The molecule has 3 nitrogen and oxygen atoms in total. The Morgan fingerprint density at radius 2 is 1.64 bits per heavy atom. The van der Waals surface area contributed by atoms with Crippen LogP contribution < -0.4 is 0 Å². The largest absolute Gasteiger partial charge is 0.512 e. The van der Waals surface area contributed by atoms with Crippen LogP contribution in [-0.2, 0) is 36.7 Å². The first kappa shape index (κ1) is 28.2. The SMILES string of the molecule is CCC(C)C(=O)/C=C(\O)C(C)CC.[2H]C([2H])([2H])C1(C([2H])([2H])[2H])c2ccccc2-c2cc3c(CC(C)C)cc(-c4[c-]c(C)cc(C)c4)nc3cc21.[Ir]. The van der Waals surface area contributed by atoms with E-state index in [1.54, 1.807) is 18.2 Å². The van der Waals surface area contributed by atoms with Crippen LogP contribution in [0.15, 0.2) is 66.4 Å². The maximum absolute atomic E-state index is 11.4. The minimum absolute atomic E-state index is 0. The van der Waals surface area contributed by atoms with Gasteiger partial charge in [0.2, 0.25) is 0 Å². The molecule has 4 heteroatoms. The van der Waals surface area contributed by atoms with Crippen molar-refractivity contribution in [2.45, 2.75) is 93.8 Å². The van der Waals surface area contributed by atoms with Crippen molar-refractivity contribution in [1.29, 1.82) is 0 Å². The summed E-state index contributed by atoms with van der Waals surface area (Å²) in [6.07, 6.45) is 3.86. The molecule has 1 heterocycles. The Bertz CT molecular complexity index is 1880. The molecule has 0 saturated carbocycles. The molecule has 0 fully saturated rings. The maximum atomic E-state index is 11.4. The molecule has 3 aromatic carbocycles. The van der Waals surface area contributed by atoms with E-state index in [1.807, 2.05) is 65.8 Å². The summed E-state index contributed by atoms with van der Waals surface area (Å²) in [4.78, 5) is 16.3. The average molecular weight is 787 g/mol. The number of pyridine rings is 1. The van der Waals surface area contributed by atoms with Crippen LogP contribution in [-0.4, -0.2) is 15.9 Å². The van der Waals surface area contributed by atoms with Crippen LogP contribution in [0.25, 0.3) is 33.3 Å². The van der Waals surface area contributed by atoms with Gasteiger partial charge in [0.25, 0.3) is 0 Å². The number of hydrogen-bond acceptors (Lipinski definition) is 3. The molecule has 0 spiro atoms. The molecule has 2 atom stereocenters. The molecule has 1 radical (unpaired) electrons. The van der Waals surface area contributed by atoms with Gasteiger partial charge in [-0.1, -0.05) is 99.4 Å². The fourth-order valence-corrected chi connectivity index (χ4v) is 5.69. The van der Waals surface area contributed by atoms with Crippen molar-refractivity contribution in [3.8, 4) is 22.4 Å². The zero-order chi connectivity index (χ0) is 37.3. The van der Waals surface area contributed by atoms with Crippen molar-refractivity contribution in [1.82, 2.24) is 4.98 Å². The Morgan fingerprint density at radius 1 is 0.956 bits per heavy atom. The number of carbonyl (C=O) groups is 1. The number of aromatic nitrogens is 1. The van der Waals surface area contributed by atoms with E-state index < -0.39 is 19.1 Å². The van der Waals surface area contributed by atoms with E-state index in [-0.39, 0.29) is 43.5 Å². The second-order valence-electron chi connectivity index (χ2n) is 12.8. The first-order chi connectivity index (χ1) is 23.3. The maximum Gasteiger partial charge on any atom is 0.161 e. The third-order valence-electron chi connectivity index (χ3n) is 8.62. The second kappa shape index (κ2) is 15.0. The summed E-state index contributed by atoms with van der Waals surface area (Å²) in [6.45, 7) is 10.5. The fourth-order valence-electron chi connectivity index (χ4n) is 5.69. The number of aliphatic hydroxyl groups is 1. The van der Waals surface area contributed by atoms with Gasteiger partial charge in [-0.15, -0.1) is 34.9 Å². The summed E-state index contributed by atoms with van der Waals surface area (Å²) in [5.41, 5.74) is 5.24. The molecule has 5 rings (SSSR count). The van der Waals surface area contributed by atoms with E-state index in [0.29, 0.717) is 33.7 Å². The Balaban J connectivity index is 0.000000430. The van der Waals surface area contributed by atoms with E-state index in [9.17, 15) is 9.90 Å². The number of hydrogen-bond donors (Lipinski definition) is 1. The second-order valence-corrected chi connectivity index (χ2v) is 12.8. The normalized spacial score (nSPS) is 17.1. The number of allylic oxidation sites excluding steroid dienone is 2. The minimum atomic E-state index is -2.80. The van der Waals surface area contributed by atoms with E-state index in [0.717, 1.165) is 52.6 Å². The van der Waals surface area contributed by atoms with Gasteiger partial charge < -0.3 is 5.11 Å².